The van der Waals surface area contributed by atoms with Crippen molar-refractivity contribution in [2.45, 2.75) is 33.0 Å². The molecule has 0 aliphatic rings. The molecule has 0 radical (unpaired) electrons. The number of alkyl halides is 5. The molecule has 33 heavy (non-hydrogen) atoms. The maximum Gasteiger partial charge on any atom is 0.408 e. The zero-order chi connectivity index (χ0) is 23.9. The molecule has 0 spiro atoms. The van der Waals surface area contributed by atoms with Crippen molar-refractivity contribution in [1.29, 1.82) is 0 Å². The Balaban J connectivity index is 1.76. The van der Waals surface area contributed by atoms with E-state index in [4.69, 9.17) is 4.74 Å². The summed E-state index contributed by atoms with van der Waals surface area (Å²) in [4.78, 5) is 8.59. The van der Waals surface area contributed by atoms with Crippen LogP contribution in [0.2, 0.25) is 0 Å². The fourth-order valence-electron chi connectivity index (χ4n) is 3.59. The van der Waals surface area contributed by atoms with Crippen LogP contribution in [0.1, 0.15) is 11.3 Å². The number of fused-ring (bicyclic) bond motifs is 1. The maximum atomic E-state index is 12.7. The van der Waals surface area contributed by atoms with Gasteiger partial charge in [0, 0.05) is 23.7 Å². The second kappa shape index (κ2) is 8.34. The minimum Gasteiger partial charge on any atom is -0.494 e. The van der Waals surface area contributed by atoms with Gasteiger partial charge in [0.25, 0.3) is 6.43 Å². The molecule has 0 saturated heterocycles. The lowest BCUT2D eigenvalue weighted by Gasteiger charge is -2.08. The summed E-state index contributed by atoms with van der Waals surface area (Å²) in [6, 6.07) is 3.21. The molecule has 0 aliphatic carbocycles. The summed E-state index contributed by atoms with van der Waals surface area (Å²) in [5.74, 6) is -0.0284. The van der Waals surface area contributed by atoms with Crippen LogP contribution in [0.25, 0.3) is 27.8 Å². The lowest BCUT2D eigenvalue weighted by Crippen LogP contribution is -2.17. The molecular weight excluding hydrogens is 449 g/mol. The van der Waals surface area contributed by atoms with Crippen molar-refractivity contribution < 1.29 is 31.8 Å². The van der Waals surface area contributed by atoms with Gasteiger partial charge in [-0.1, -0.05) is 0 Å². The Hall–Kier alpha value is -3.70. The molecule has 0 bridgehead atoms. The fraction of sp³-hybridized carbons (Fsp3) is 0.286. The normalized spacial score (nSPS) is 12.1. The summed E-state index contributed by atoms with van der Waals surface area (Å²) < 4.78 is 70.0. The summed E-state index contributed by atoms with van der Waals surface area (Å²) in [6.07, 6.45) is -1.85. The van der Waals surface area contributed by atoms with Crippen molar-refractivity contribution in [3.63, 3.8) is 0 Å². The van der Waals surface area contributed by atoms with E-state index in [2.05, 4.69) is 15.1 Å². The van der Waals surface area contributed by atoms with Crippen LogP contribution < -0.4 is 4.74 Å². The predicted molar refractivity (Wildman–Crippen MR) is 109 cm³/mol. The molecule has 0 saturated carbocycles. The zero-order valence-electron chi connectivity index (χ0n) is 17.4. The quantitative estimate of drug-likeness (QED) is 0.412. The Bertz CT molecular complexity index is 1310. The third-order valence-corrected chi connectivity index (χ3v) is 4.93. The first kappa shape index (κ1) is 22.5. The molecule has 1 N–H and O–H groups in total. The molecule has 4 heterocycles. The molecule has 0 fully saturated rings. The Morgan fingerprint density at radius 2 is 1.88 bits per heavy atom. The van der Waals surface area contributed by atoms with Crippen LogP contribution in [-0.2, 0) is 6.54 Å². The Morgan fingerprint density at radius 1 is 1.12 bits per heavy atom. The van der Waals surface area contributed by atoms with Gasteiger partial charge in [0.1, 0.15) is 18.9 Å². The minimum absolute atomic E-state index is 0.154. The molecule has 174 valence electrons. The van der Waals surface area contributed by atoms with E-state index in [0.29, 0.717) is 33.4 Å². The molecule has 7 nitrogen and oxygen atoms in total. The smallest absolute Gasteiger partial charge is 0.408 e. The number of hydrogen-bond donors (Lipinski definition) is 1. The molecule has 12 heteroatoms. The summed E-state index contributed by atoms with van der Waals surface area (Å²) in [7, 11) is 0. The van der Waals surface area contributed by atoms with Crippen LogP contribution in [0.5, 0.6) is 11.6 Å². The van der Waals surface area contributed by atoms with E-state index in [1.807, 2.05) is 0 Å². The van der Waals surface area contributed by atoms with Gasteiger partial charge >= 0.3 is 6.18 Å². The third kappa shape index (κ3) is 4.59. The number of halogens is 5. The maximum absolute atomic E-state index is 12.7. The van der Waals surface area contributed by atoms with E-state index < -0.39 is 25.8 Å². The monoisotopic (exact) mass is 467 g/mol. The molecule has 4 aromatic rings. The predicted octanol–water partition coefficient (Wildman–Crippen LogP) is 4.81. The van der Waals surface area contributed by atoms with Gasteiger partial charge in [0.2, 0.25) is 5.88 Å². The first-order valence-corrected chi connectivity index (χ1v) is 9.71. The van der Waals surface area contributed by atoms with E-state index in [0.717, 1.165) is 4.68 Å². The van der Waals surface area contributed by atoms with Gasteiger partial charge in [-0.05, 0) is 31.5 Å². The first-order valence-electron chi connectivity index (χ1n) is 9.71. The van der Waals surface area contributed by atoms with Crippen LogP contribution in [-0.4, -0.2) is 48.6 Å². The highest BCUT2D eigenvalue weighted by Gasteiger charge is 2.29. The van der Waals surface area contributed by atoms with Crippen LogP contribution in [0.4, 0.5) is 22.0 Å². The van der Waals surface area contributed by atoms with Gasteiger partial charge in [-0.3, -0.25) is 14.2 Å². The number of aromatic nitrogens is 5. The highest BCUT2D eigenvalue weighted by molar-refractivity contribution is 5.93. The standard InChI is InChI=1S/C21H18F5N5O2/c1-11-3-16(13-4-15(7-27-5-13)33-9-17(22)23)29-19-12(2)31(20(32)18(11)19)14-6-28-30(8-14)10-21(24,25)26/h3-8,17,32H,9-10H2,1-2H3. The summed E-state index contributed by atoms with van der Waals surface area (Å²) in [5.41, 5.74) is 2.77. The number of nitrogens with zero attached hydrogens (tertiary/aromatic N) is 5. The van der Waals surface area contributed by atoms with E-state index >= 15 is 0 Å². The zero-order valence-corrected chi connectivity index (χ0v) is 17.4. The molecule has 0 amide bonds. The van der Waals surface area contributed by atoms with E-state index in [1.54, 1.807) is 19.9 Å². The van der Waals surface area contributed by atoms with Crippen LogP contribution in [0, 0.1) is 13.8 Å². The highest BCUT2D eigenvalue weighted by Crippen LogP contribution is 2.37. The van der Waals surface area contributed by atoms with Crippen molar-refractivity contribution in [2.24, 2.45) is 0 Å². The highest BCUT2D eigenvalue weighted by atomic mass is 19.4. The van der Waals surface area contributed by atoms with Crippen molar-refractivity contribution in [2.75, 3.05) is 6.61 Å². The molecular formula is C21H18F5N5O2. The van der Waals surface area contributed by atoms with Crippen LogP contribution in [0.15, 0.2) is 36.9 Å². The van der Waals surface area contributed by atoms with Gasteiger partial charge in [0.15, 0.2) is 0 Å². The van der Waals surface area contributed by atoms with E-state index in [9.17, 15) is 27.1 Å². The molecule has 0 aromatic carbocycles. The topological polar surface area (TPSA) is 78.0 Å². The number of pyridine rings is 2. The Morgan fingerprint density at radius 3 is 2.58 bits per heavy atom. The van der Waals surface area contributed by atoms with Crippen molar-refractivity contribution in [3.8, 4) is 28.6 Å². The molecule has 0 atom stereocenters. The van der Waals surface area contributed by atoms with Gasteiger partial charge in [-0.15, -0.1) is 0 Å². The lowest BCUT2D eigenvalue weighted by molar-refractivity contribution is -0.142. The number of ether oxygens (including phenoxy) is 1. The summed E-state index contributed by atoms with van der Waals surface area (Å²) in [5, 5.41) is 15.0. The van der Waals surface area contributed by atoms with Crippen LogP contribution >= 0.6 is 0 Å². The summed E-state index contributed by atoms with van der Waals surface area (Å²) in [6.45, 7) is 1.38. The fourth-order valence-corrected chi connectivity index (χ4v) is 3.59. The average Bonchev–Trinajstić information content (AvgIpc) is 3.27. The third-order valence-electron chi connectivity index (χ3n) is 4.93. The minimum atomic E-state index is -4.43. The summed E-state index contributed by atoms with van der Waals surface area (Å²) >= 11 is 0. The molecule has 0 aliphatic heterocycles. The van der Waals surface area contributed by atoms with E-state index in [1.165, 1.54) is 35.4 Å². The number of hydrogen-bond acceptors (Lipinski definition) is 5. The van der Waals surface area contributed by atoms with Crippen molar-refractivity contribution in [3.05, 3.63) is 48.2 Å². The Labute approximate surface area is 184 Å². The van der Waals surface area contributed by atoms with Crippen LogP contribution in [0.3, 0.4) is 0 Å². The molecule has 4 rings (SSSR count). The molecule has 0 unspecified atom stereocenters. The van der Waals surface area contributed by atoms with E-state index in [-0.39, 0.29) is 17.3 Å². The van der Waals surface area contributed by atoms with Gasteiger partial charge < -0.3 is 9.84 Å². The van der Waals surface area contributed by atoms with Crippen molar-refractivity contribution in [1.82, 2.24) is 24.3 Å². The number of rotatable bonds is 6. The second-order valence-corrected chi connectivity index (χ2v) is 7.42. The SMILES string of the molecule is Cc1cc(-c2cncc(OCC(F)F)c2)nc2c(C)n(-c3cnn(CC(F)(F)F)c3)c(O)c12. The number of aromatic hydroxyl groups is 1. The average molecular weight is 467 g/mol. The second-order valence-electron chi connectivity index (χ2n) is 7.42. The lowest BCUT2D eigenvalue weighted by atomic mass is 10.1. The van der Waals surface area contributed by atoms with Crippen molar-refractivity contribution >= 4 is 10.9 Å². The largest absolute Gasteiger partial charge is 0.494 e. The van der Waals surface area contributed by atoms with Gasteiger partial charge in [-0.2, -0.15) is 18.3 Å². The first-order chi connectivity index (χ1) is 15.5. The Kier molecular flexibility index (Phi) is 5.68. The molecule has 4 aromatic heterocycles. The number of aryl methyl sites for hydroxylation is 2. The van der Waals surface area contributed by atoms with Gasteiger partial charge in [-0.25, -0.2) is 13.8 Å². The van der Waals surface area contributed by atoms with Gasteiger partial charge in [0.05, 0.1) is 34.7 Å².